The Bertz CT molecular complexity index is 2620. The summed E-state index contributed by atoms with van der Waals surface area (Å²) in [6, 6.07) is 17.7. The lowest BCUT2D eigenvalue weighted by Crippen LogP contribution is -2.56. The summed E-state index contributed by atoms with van der Waals surface area (Å²) in [4.78, 5) is 87.1. The molecule has 5 heterocycles. The fourth-order valence-electron chi connectivity index (χ4n) is 12.7. The molecule has 8 rings (SSSR count). The summed E-state index contributed by atoms with van der Waals surface area (Å²) >= 11 is 0. The number of ether oxygens (including phenoxy) is 5. The quantitative estimate of drug-likeness (QED) is 0.0900. The van der Waals surface area contributed by atoms with E-state index < -0.39 is 86.0 Å². The molecule has 22 heteroatoms. The van der Waals surface area contributed by atoms with Crippen molar-refractivity contribution in [3.63, 3.8) is 0 Å². The summed E-state index contributed by atoms with van der Waals surface area (Å²) in [6.45, 7) is 5.43. The van der Waals surface area contributed by atoms with Crippen LogP contribution < -0.4 is 31.1 Å². The van der Waals surface area contributed by atoms with Gasteiger partial charge in [0.15, 0.2) is 11.6 Å². The van der Waals surface area contributed by atoms with E-state index in [0.29, 0.717) is 75.4 Å². The van der Waals surface area contributed by atoms with Crippen LogP contribution in [0.3, 0.4) is 0 Å². The third-order valence-electron chi connectivity index (χ3n) is 17.2. The number of hydrogen-bond acceptors (Lipinski definition) is 13. The molecule has 6 amide bonds. The fraction of sp³-hybridized carbons (Fsp3) is 0.579. The number of nitrogens with zero attached hydrogens (tertiary/aromatic N) is 4. The Morgan fingerprint density at radius 2 is 1.11 bits per heavy atom. The van der Waals surface area contributed by atoms with Crippen LogP contribution >= 0.6 is 0 Å². The van der Waals surface area contributed by atoms with Gasteiger partial charge in [-0.15, -0.1) is 0 Å². The average Bonchev–Trinajstić information content (AvgIpc) is 4.41. The van der Waals surface area contributed by atoms with Crippen molar-refractivity contribution in [1.82, 2.24) is 20.4 Å². The Kier molecular flexibility index (Phi) is 19.5. The zero-order chi connectivity index (χ0) is 56.5. The number of halogens is 2. The number of anilines is 4. The minimum Gasteiger partial charge on any atom is -0.453 e. The number of methoxy groups -OCH3 is 5. The molecule has 430 valence electrons. The van der Waals surface area contributed by atoms with E-state index in [9.17, 15) is 28.8 Å². The first-order valence-electron chi connectivity index (χ1n) is 27.7. The number of benzene rings is 3. The molecule has 0 radical (unpaired) electrons. The van der Waals surface area contributed by atoms with Gasteiger partial charge in [0, 0.05) is 70.5 Å². The molecule has 3 aromatic carbocycles. The monoisotopic (exact) mass is 1120 g/mol. The summed E-state index contributed by atoms with van der Waals surface area (Å²) in [5, 5.41) is 11.1. The Hall–Kier alpha value is -6.36. The smallest absolute Gasteiger partial charge is 0.407 e. The minimum absolute atomic E-state index is 0.0152. The van der Waals surface area contributed by atoms with Crippen LogP contribution in [0, 0.1) is 17.6 Å². The number of nitrogens with one attached hydrogen (secondary N) is 4. The summed E-state index contributed by atoms with van der Waals surface area (Å²) in [5.74, 6) is -3.16. The van der Waals surface area contributed by atoms with Crippen molar-refractivity contribution in [2.75, 3.05) is 88.8 Å². The molecule has 4 N–H and O–H groups in total. The third-order valence-corrected chi connectivity index (χ3v) is 22.6. The first-order chi connectivity index (χ1) is 38.0. The van der Waals surface area contributed by atoms with E-state index in [1.54, 1.807) is 45.2 Å². The molecule has 79 heavy (non-hydrogen) atoms. The van der Waals surface area contributed by atoms with Crippen LogP contribution in [0.15, 0.2) is 60.7 Å². The summed E-state index contributed by atoms with van der Waals surface area (Å²) in [6.07, 6.45) is 3.29. The fourth-order valence-corrected chi connectivity index (χ4v) is 17.7. The molecular formula is C57H78F2N8O11Si. The first kappa shape index (κ1) is 58.8. The molecule has 9 atom stereocenters. The highest BCUT2D eigenvalue weighted by molar-refractivity contribution is 6.80. The standard InChI is InChI=1S/C57H78F2N8O11Si/c1-35(75-4)49(62-56(72)77-6)54(70)65-23-11-12-47(65)52(68)60-40-17-13-38(14-18-40)45-21-22-46(67(45)42-31-43(58)51(44(59)32-42)64-24-28-79(29-25-64)26-9-8-10-27-79)39-15-19-41(20-16-39)61-53(69)48-30-37(34-74-3)33-66(48)55(71)50(36(2)76-5)63-57(73)78-7/h13-20,31-32,35-37,45-50H,8-12,21-30,33-34H2,1-7H3,(H,60,68)(H,61,69)(H,62,72)(H,63,73)/t35-,36-,37+,45+,46+,47+,48+,49+,50+/m1/s1. The molecule has 0 unspecified atom stereocenters. The number of carbonyl (C=O) groups excluding carboxylic acids is 6. The molecule has 19 nitrogen and oxygen atoms in total. The van der Waals surface area contributed by atoms with Gasteiger partial charge in [-0.1, -0.05) is 55.6 Å². The zero-order valence-corrected chi connectivity index (χ0v) is 47.5. The molecule has 0 bridgehead atoms. The van der Waals surface area contributed by atoms with Crippen molar-refractivity contribution in [1.29, 1.82) is 0 Å². The molecule has 5 fully saturated rings. The lowest BCUT2D eigenvalue weighted by Gasteiger charge is -2.43. The van der Waals surface area contributed by atoms with Crippen molar-refractivity contribution < 1.29 is 61.2 Å². The predicted molar refractivity (Wildman–Crippen MR) is 297 cm³/mol. The molecular weight excluding hydrogens is 1040 g/mol. The predicted octanol–water partition coefficient (Wildman–Crippen LogP) is 7.75. The van der Waals surface area contributed by atoms with Gasteiger partial charge in [-0.05, 0) is 106 Å². The van der Waals surface area contributed by atoms with Crippen LogP contribution in [0.1, 0.15) is 88.4 Å². The van der Waals surface area contributed by atoms with Crippen LogP contribution in [0.2, 0.25) is 24.2 Å². The van der Waals surface area contributed by atoms with Gasteiger partial charge in [0.2, 0.25) is 23.6 Å². The second kappa shape index (κ2) is 26.3. The highest BCUT2D eigenvalue weighted by Gasteiger charge is 2.45. The first-order valence-corrected chi connectivity index (χ1v) is 30.5. The molecule has 5 aliphatic heterocycles. The molecule has 0 saturated carbocycles. The highest BCUT2D eigenvalue weighted by atomic mass is 28.3. The molecule has 0 aliphatic carbocycles. The van der Waals surface area contributed by atoms with Crippen LogP contribution in [0.4, 0.5) is 41.1 Å². The van der Waals surface area contributed by atoms with Crippen LogP contribution in [-0.4, -0.2) is 158 Å². The maximum Gasteiger partial charge on any atom is 0.407 e. The molecule has 1 spiro atoms. The van der Waals surface area contributed by atoms with E-state index in [0.717, 1.165) is 23.2 Å². The zero-order valence-electron chi connectivity index (χ0n) is 46.5. The minimum atomic E-state index is -1.42. The van der Waals surface area contributed by atoms with E-state index in [2.05, 4.69) is 26.2 Å². The Balaban J connectivity index is 1.03. The van der Waals surface area contributed by atoms with Gasteiger partial charge in [-0.3, -0.25) is 19.2 Å². The number of rotatable bonds is 18. The summed E-state index contributed by atoms with van der Waals surface area (Å²) in [5.41, 5.74) is 3.05. The van der Waals surface area contributed by atoms with E-state index in [4.69, 9.17) is 23.7 Å². The lowest BCUT2D eigenvalue weighted by atomic mass is 10.0. The molecule has 3 aromatic rings. The van der Waals surface area contributed by atoms with Gasteiger partial charge >= 0.3 is 12.2 Å². The SMILES string of the molecule is COC[C@H]1C[C@@H](C(=O)Nc2ccc([C@@H]3CC[C@@H](c4ccc(NC(=O)[C@@H]5CCCN5C(=O)[C@@H](NC(=O)OC)[C@@H](C)OC)cc4)N3c3cc(F)c(N4CC[Si]5(CCCCC5)CC4)c(F)c3)cc2)N(C(=O)[C@@H](NC(=O)OC)[C@@H](C)OC)C1. The number of amides is 6. The van der Waals surface area contributed by atoms with Crippen molar-refractivity contribution in [2.24, 2.45) is 5.92 Å². The van der Waals surface area contributed by atoms with Gasteiger partial charge in [0.25, 0.3) is 0 Å². The van der Waals surface area contributed by atoms with E-state index in [1.165, 1.54) is 81.7 Å². The van der Waals surface area contributed by atoms with Gasteiger partial charge in [-0.2, -0.15) is 0 Å². The third kappa shape index (κ3) is 13.3. The van der Waals surface area contributed by atoms with E-state index in [1.807, 2.05) is 29.2 Å². The summed E-state index contributed by atoms with van der Waals surface area (Å²) < 4.78 is 59.2. The average molecular weight is 1120 g/mol. The second-order valence-corrected chi connectivity index (χ2v) is 26.9. The normalized spacial score (nSPS) is 23.4. The Labute approximate surface area is 462 Å². The van der Waals surface area contributed by atoms with Crippen molar-refractivity contribution in [3.05, 3.63) is 83.4 Å². The van der Waals surface area contributed by atoms with E-state index >= 15 is 8.78 Å². The van der Waals surface area contributed by atoms with E-state index in [-0.39, 0.29) is 36.1 Å². The van der Waals surface area contributed by atoms with Crippen LogP contribution in [0.5, 0.6) is 0 Å². The maximum absolute atomic E-state index is 16.7. The number of carbonyl (C=O) groups is 6. The molecule has 0 aromatic heterocycles. The van der Waals surface area contributed by atoms with Gasteiger partial charge in [0.1, 0.15) is 29.9 Å². The van der Waals surface area contributed by atoms with Crippen molar-refractivity contribution >= 4 is 66.6 Å². The number of likely N-dealkylation sites (tertiary alicyclic amines) is 2. The number of alkyl carbamates (subject to hydrolysis) is 2. The van der Waals surface area contributed by atoms with Gasteiger partial charge < -0.3 is 64.6 Å². The molecule has 5 aliphatic rings. The van der Waals surface area contributed by atoms with Crippen LogP contribution in [0.25, 0.3) is 0 Å². The Morgan fingerprint density at radius 1 is 0.620 bits per heavy atom. The van der Waals surface area contributed by atoms with Gasteiger partial charge in [0.05, 0.1) is 53.2 Å². The topological polar surface area (TPSA) is 210 Å². The molecule has 5 saturated heterocycles. The Morgan fingerprint density at radius 3 is 1.59 bits per heavy atom. The largest absolute Gasteiger partial charge is 0.453 e. The van der Waals surface area contributed by atoms with Crippen LogP contribution in [-0.2, 0) is 42.9 Å². The van der Waals surface area contributed by atoms with Gasteiger partial charge in [-0.25, -0.2) is 18.4 Å². The maximum atomic E-state index is 16.7. The summed E-state index contributed by atoms with van der Waals surface area (Å²) in [7, 11) is 5.38. The number of hydrogen-bond donors (Lipinski definition) is 4. The second-order valence-electron chi connectivity index (χ2n) is 21.9. The van der Waals surface area contributed by atoms with Crippen molar-refractivity contribution in [2.45, 2.75) is 138 Å². The highest BCUT2D eigenvalue weighted by Crippen LogP contribution is 2.49. The van der Waals surface area contributed by atoms with Crippen molar-refractivity contribution in [3.8, 4) is 0 Å². The lowest BCUT2D eigenvalue weighted by molar-refractivity contribution is -0.141.